The average molecular weight is 221 g/mol. The van der Waals surface area contributed by atoms with Crippen molar-refractivity contribution in [2.75, 3.05) is 5.73 Å². The number of nitrogens with one attached hydrogen (secondary N) is 1. The van der Waals surface area contributed by atoms with Crippen molar-refractivity contribution < 1.29 is 4.79 Å². The van der Waals surface area contributed by atoms with E-state index in [1.54, 1.807) is 18.3 Å². The summed E-state index contributed by atoms with van der Waals surface area (Å²) in [5.74, 6) is 0.678. The SMILES string of the molecule is CC(C)CC(C)NC(=O)c1cccnc1N. The Morgan fingerprint density at radius 3 is 2.75 bits per heavy atom. The zero-order valence-electron chi connectivity index (χ0n) is 10.0. The lowest BCUT2D eigenvalue weighted by molar-refractivity contribution is 0.0937. The fourth-order valence-corrected chi connectivity index (χ4v) is 1.68. The Bertz CT molecular complexity index is 363. The molecule has 4 nitrogen and oxygen atoms in total. The van der Waals surface area contributed by atoms with E-state index in [0.29, 0.717) is 11.5 Å². The molecule has 88 valence electrons. The van der Waals surface area contributed by atoms with Crippen LogP contribution in [0.4, 0.5) is 5.82 Å². The summed E-state index contributed by atoms with van der Waals surface area (Å²) in [7, 11) is 0. The molecular weight excluding hydrogens is 202 g/mol. The number of nitrogens with two attached hydrogens (primary N) is 1. The number of aromatic nitrogens is 1. The molecule has 1 unspecified atom stereocenters. The topological polar surface area (TPSA) is 68.0 Å². The highest BCUT2D eigenvalue weighted by atomic mass is 16.1. The minimum Gasteiger partial charge on any atom is -0.383 e. The van der Waals surface area contributed by atoms with Crippen LogP contribution in [0.5, 0.6) is 0 Å². The van der Waals surface area contributed by atoms with Crippen LogP contribution in [0.15, 0.2) is 18.3 Å². The van der Waals surface area contributed by atoms with Gasteiger partial charge in [-0.1, -0.05) is 13.8 Å². The first-order valence-corrected chi connectivity index (χ1v) is 5.52. The molecule has 1 aromatic rings. The van der Waals surface area contributed by atoms with E-state index in [-0.39, 0.29) is 17.8 Å². The highest BCUT2D eigenvalue weighted by molar-refractivity contribution is 5.98. The quantitative estimate of drug-likeness (QED) is 0.815. The number of pyridine rings is 1. The van der Waals surface area contributed by atoms with Gasteiger partial charge in [-0.3, -0.25) is 4.79 Å². The number of anilines is 1. The van der Waals surface area contributed by atoms with Crippen LogP contribution in [-0.4, -0.2) is 16.9 Å². The second-order valence-corrected chi connectivity index (χ2v) is 4.44. The zero-order chi connectivity index (χ0) is 12.1. The number of amides is 1. The minimum absolute atomic E-state index is 0.145. The molecule has 4 heteroatoms. The van der Waals surface area contributed by atoms with E-state index < -0.39 is 0 Å². The second-order valence-electron chi connectivity index (χ2n) is 4.44. The van der Waals surface area contributed by atoms with Gasteiger partial charge in [0.15, 0.2) is 0 Å². The Morgan fingerprint density at radius 1 is 1.50 bits per heavy atom. The molecule has 0 saturated heterocycles. The molecule has 0 aliphatic heterocycles. The number of hydrogen-bond donors (Lipinski definition) is 2. The molecule has 3 N–H and O–H groups in total. The van der Waals surface area contributed by atoms with Crippen LogP contribution in [0.3, 0.4) is 0 Å². The van der Waals surface area contributed by atoms with Crippen molar-refractivity contribution >= 4 is 11.7 Å². The van der Waals surface area contributed by atoms with E-state index in [4.69, 9.17) is 5.73 Å². The molecule has 0 aromatic carbocycles. The lowest BCUT2D eigenvalue weighted by Crippen LogP contribution is -2.34. The Balaban J connectivity index is 2.63. The van der Waals surface area contributed by atoms with Crippen LogP contribution in [-0.2, 0) is 0 Å². The summed E-state index contributed by atoms with van der Waals surface area (Å²) in [4.78, 5) is 15.7. The highest BCUT2D eigenvalue weighted by Crippen LogP contribution is 2.09. The molecule has 1 aromatic heterocycles. The predicted molar refractivity (Wildman–Crippen MR) is 65.0 cm³/mol. The summed E-state index contributed by atoms with van der Waals surface area (Å²) in [6.45, 7) is 6.24. The summed E-state index contributed by atoms with van der Waals surface area (Å²) >= 11 is 0. The predicted octanol–water partition coefficient (Wildman–Crippen LogP) is 1.83. The van der Waals surface area contributed by atoms with Crippen LogP contribution in [0.1, 0.15) is 37.6 Å². The van der Waals surface area contributed by atoms with Gasteiger partial charge in [-0.15, -0.1) is 0 Å². The lowest BCUT2D eigenvalue weighted by atomic mass is 10.0. The molecule has 16 heavy (non-hydrogen) atoms. The molecule has 0 radical (unpaired) electrons. The van der Waals surface area contributed by atoms with Gasteiger partial charge >= 0.3 is 0 Å². The van der Waals surface area contributed by atoms with E-state index in [1.807, 2.05) is 6.92 Å². The standard InChI is InChI=1S/C12H19N3O/c1-8(2)7-9(3)15-12(16)10-5-4-6-14-11(10)13/h4-6,8-9H,7H2,1-3H3,(H2,13,14)(H,15,16). The summed E-state index contributed by atoms with van der Waals surface area (Å²) in [6.07, 6.45) is 2.52. The second kappa shape index (κ2) is 5.49. The smallest absolute Gasteiger partial charge is 0.255 e. The van der Waals surface area contributed by atoms with Crippen molar-refractivity contribution in [3.8, 4) is 0 Å². The van der Waals surface area contributed by atoms with E-state index in [2.05, 4.69) is 24.1 Å². The van der Waals surface area contributed by atoms with E-state index in [9.17, 15) is 4.79 Å². The number of rotatable bonds is 4. The van der Waals surface area contributed by atoms with Gasteiger partial charge in [0, 0.05) is 12.2 Å². The van der Waals surface area contributed by atoms with Crippen LogP contribution in [0.25, 0.3) is 0 Å². The largest absolute Gasteiger partial charge is 0.383 e. The average Bonchev–Trinajstić information content (AvgIpc) is 2.16. The first kappa shape index (κ1) is 12.5. The Kier molecular flexibility index (Phi) is 4.28. The molecular formula is C12H19N3O. The van der Waals surface area contributed by atoms with Crippen molar-refractivity contribution in [1.82, 2.24) is 10.3 Å². The molecule has 0 fully saturated rings. The van der Waals surface area contributed by atoms with Crippen LogP contribution in [0, 0.1) is 5.92 Å². The number of carbonyl (C=O) groups is 1. The van der Waals surface area contributed by atoms with E-state index in [1.165, 1.54) is 0 Å². The molecule has 0 aliphatic rings. The Hall–Kier alpha value is -1.58. The molecule has 1 atom stereocenters. The third kappa shape index (κ3) is 3.53. The van der Waals surface area contributed by atoms with Gasteiger partial charge in [0.05, 0.1) is 5.56 Å². The lowest BCUT2D eigenvalue weighted by Gasteiger charge is -2.16. The summed E-state index contributed by atoms with van der Waals surface area (Å²) in [6, 6.07) is 3.53. The van der Waals surface area contributed by atoms with Crippen molar-refractivity contribution in [2.45, 2.75) is 33.2 Å². The first-order chi connectivity index (χ1) is 7.50. The fraction of sp³-hybridized carbons (Fsp3) is 0.500. The normalized spacial score (nSPS) is 12.5. The van der Waals surface area contributed by atoms with E-state index >= 15 is 0 Å². The molecule has 0 spiro atoms. The monoisotopic (exact) mass is 221 g/mol. The third-order valence-electron chi connectivity index (χ3n) is 2.29. The highest BCUT2D eigenvalue weighted by Gasteiger charge is 2.13. The molecule has 1 heterocycles. The molecule has 0 bridgehead atoms. The van der Waals surface area contributed by atoms with Gasteiger partial charge < -0.3 is 11.1 Å². The first-order valence-electron chi connectivity index (χ1n) is 5.52. The van der Waals surface area contributed by atoms with Gasteiger partial charge in [-0.05, 0) is 31.4 Å². The molecule has 1 amide bonds. The van der Waals surface area contributed by atoms with Crippen molar-refractivity contribution in [3.63, 3.8) is 0 Å². The third-order valence-corrected chi connectivity index (χ3v) is 2.29. The number of carbonyl (C=O) groups excluding carboxylic acids is 1. The molecule has 1 rings (SSSR count). The maximum absolute atomic E-state index is 11.8. The fourth-order valence-electron chi connectivity index (χ4n) is 1.68. The van der Waals surface area contributed by atoms with Gasteiger partial charge in [0.2, 0.25) is 0 Å². The van der Waals surface area contributed by atoms with E-state index in [0.717, 1.165) is 6.42 Å². The Morgan fingerprint density at radius 2 is 2.19 bits per heavy atom. The van der Waals surface area contributed by atoms with Crippen LogP contribution in [0.2, 0.25) is 0 Å². The van der Waals surface area contributed by atoms with Gasteiger partial charge in [0.1, 0.15) is 5.82 Å². The molecule has 0 saturated carbocycles. The maximum Gasteiger partial charge on any atom is 0.255 e. The Labute approximate surface area is 96.3 Å². The summed E-state index contributed by atoms with van der Waals surface area (Å²) in [5, 5.41) is 2.91. The zero-order valence-corrected chi connectivity index (χ0v) is 10.0. The van der Waals surface area contributed by atoms with Crippen LogP contribution < -0.4 is 11.1 Å². The summed E-state index contributed by atoms with van der Waals surface area (Å²) in [5.41, 5.74) is 6.07. The maximum atomic E-state index is 11.8. The minimum atomic E-state index is -0.154. The number of hydrogen-bond acceptors (Lipinski definition) is 3. The van der Waals surface area contributed by atoms with Crippen LogP contribution >= 0.6 is 0 Å². The molecule has 0 aliphatic carbocycles. The van der Waals surface area contributed by atoms with Crippen molar-refractivity contribution in [1.29, 1.82) is 0 Å². The number of nitrogens with zero attached hydrogens (tertiary/aromatic N) is 1. The van der Waals surface area contributed by atoms with Crippen molar-refractivity contribution in [2.24, 2.45) is 5.92 Å². The van der Waals surface area contributed by atoms with Gasteiger partial charge in [-0.25, -0.2) is 4.98 Å². The summed E-state index contributed by atoms with van der Waals surface area (Å²) < 4.78 is 0. The number of nitrogen functional groups attached to an aromatic ring is 1. The van der Waals surface area contributed by atoms with Crippen molar-refractivity contribution in [3.05, 3.63) is 23.9 Å². The van der Waals surface area contributed by atoms with Gasteiger partial charge in [0.25, 0.3) is 5.91 Å². The van der Waals surface area contributed by atoms with Gasteiger partial charge in [-0.2, -0.15) is 0 Å².